The van der Waals surface area contributed by atoms with Gasteiger partial charge in [-0.05, 0) is 56.7 Å². The number of rotatable bonds is 7. The van der Waals surface area contributed by atoms with Crippen LogP contribution in [0.2, 0.25) is 5.02 Å². The van der Waals surface area contributed by atoms with Gasteiger partial charge < -0.3 is 16.4 Å². The fourth-order valence-electron chi connectivity index (χ4n) is 4.75. The third-order valence-corrected chi connectivity index (χ3v) is 8.34. The molecule has 4 N–H and O–H groups in total. The van der Waals surface area contributed by atoms with Crippen molar-refractivity contribution in [2.45, 2.75) is 39.7 Å². The Bertz CT molecular complexity index is 1740. The predicted octanol–water partition coefficient (Wildman–Crippen LogP) is 4.64. The van der Waals surface area contributed by atoms with Gasteiger partial charge in [0.25, 0.3) is 0 Å². The second kappa shape index (κ2) is 12.7. The molecule has 9 nitrogen and oxygen atoms in total. The summed E-state index contributed by atoms with van der Waals surface area (Å²) in [6, 6.07) is 14.2. The van der Waals surface area contributed by atoms with Crippen LogP contribution in [0, 0.1) is 32.6 Å². The highest BCUT2D eigenvalue weighted by molar-refractivity contribution is 7.15. The van der Waals surface area contributed by atoms with E-state index in [0.29, 0.717) is 16.5 Å². The minimum Gasteiger partial charge on any atom is -0.356 e. The van der Waals surface area contributed by atoms with Crippen LogP contribution in [0.3, 0.4) is 0 Å². The lowest BCUT2D eigenvalue weighted by atomic mass is 9.99. The summed E-state index contributed by atoms with van der Waals surface area (Å²) in [4.78, 5) is 31.9. The summed E-state index contributed by atoms with van der Waals surface area (Å²) in [6.07, 6.45) is 0.158. The molecule has 3 heterocycles. The Morgan fingerprint density at radius 2 is 1.88 bits per heavy atom. The molecule has 1 aliphatic heterocycles. The van der Waals surface area contributed by atoms with Crippen molar-refractivity contribution in [3.63, 3.8) is 0 Å². The number of nitrogens with two attached hydrogens (primary N) is 1. The van der Waals surface area contributed by atoms with Crippen molar-refractivity contribution in [1.82, 2.24) is 20.1 Å². The van der Waals surface area contributed by atoms with E-state index in [2.05, 4.69) is 46.5 Å². The molecule has 0 unspecified atom stereocenters. The summed E-state index contributed by atoms with van der Waals surface area (Å²) in [6.45, 7) is 6.50. The molecule has 0 saturated carbocycles. The summed E-state index contributed by atoms with van der Waals surface area (Å²) < 4.78 is 2.00. The van der Waals surface area contributed by atoms with E-state index >= 15 is 0 Å². The van der Waals surface area contributed by atoms with Gasteiger partial charge in [0.15, 0.2) is 5.82 Å². The summed E-state index contributed by atoms with van der Waals surface area (Å²) in [5, 5.41) is 16.1. The normalized spacial score (nSPS) is 13.6. The molecule has 4 aromatic rings. The van der Waals surface area contributed by atoms with Gasteiger partial charge in [0.05, 0.1) is 18.7 Å². The summed E-state index contributed by atoms with van der Waals surface area (Å²) in [5.74, 6) is 6.60. The molecule has 0 spiro atoms. The lowest BCUT2D eigenvalue weighted by Crippen LogP contribution is -2.29. The first-order valence-corrected chi connectivity index (χ1v) is 14.7. The molecule has 0 aliphatic carbocycles. The minimum absolute atomic E-state index is 0.0473. The van der Waals surface area contributed by atoms with Crippen molar-refractivity contribution >= 4 is 46.2 Å². The second-order valence-corrected chi connectivity index (χ2v) is 11.5. The number of nitrogens with zero attached hydrogens (tertiary/aromatic N) is 4. The van der Waals surface area contributed by atoms with Gasteiger partial charge in [0, 0.05) is 45.2 Å². The molecule has 5 rings (SSSR count). The highest BCUT2D eigenvalue weighted by Crippen LogP contribution is 2.39. The number of thiophene rings is 1. The fraction of sp³-hybridized carbons (Fsp3) is 0.258. The van der Waals surface area contributed by atoms with Gasteiger partial charge in [0.2, 0.25) is 11.8 Å². The van der Waals surface area contributed by atoms with Gasteiger partial charge >= 0.3 is 0 Å². The van der Waals surface area contributed by atoms with Crippen molar-refractivity contribution in [1.29, 1.82) is 0 Å². The van der Waals surface area contributed by atoms with Crippen LogP contribution in [0.25, 0.3) is 5.00 Å². The number of carbonyl (C=O) groups is 2. The third-order valence-electron chi connectivity index (χ3n) is 6.89. The quantitative estimate of drug-likeness (QED) is 0.267. The fourth-order valence-corrected chi connectivity index (χ4v) is 6.09. The van der Waals surface area contributed by atoms with E-state index in [4.69, 9.17) is 22.3 Å². The monoisotopic (exact) mass is 599 g/mol. The molecule has 2 aromatic heterocycles. The van der Waals surface area contributed by atoms with E-state index in [1.807, 2.05) is 47.9 Å². The van der Waals surface area contributed by atoms with Crippen molar-refractivity contribution in [2.75, 3.05) is 18.4 Å². The van der Waals surface area contributed by atoms with E-state index in [1.54, 1.807) is 23.5 Å². The van der Waals surface area contributed by atoms with Crippen LogP contribution in [0.4, 0.5) is 5.69 Å². The Kier molecular flexibility index (Phi) is 8.83. The van der Waals surface area contributed by atoms with E-state index in [0.717, 1.165) is 38.8 Å². The molecule has 0 fully saturated rings. The lowest BCUT2D eigenvalue weighted by Gasteiger charge is -2.13. The third kappa shape index (κ3) is 6.29. The van der Waals surface area contributed by atoms with Crippen molar-refractivity contribution in [2.24, 2.45) is 10.7 Å². The second-order valence-electron chi connectivity index (χ2n) is 9.84. The maximum absolute atomic E-state index is 13.1. The number of benzene rings is 2. The number of aryl methyl sites for hydroxylation is 2. The van der Waals surface area contributed by atoms with Crippen LogP contribution in [0.1, 0.15) is 57.7 Å². The average molecular weight is 600 g/mol. The molecule has 214 valence electrons. The van der Waals surface area contributed by atoms with Crippen LogP contribution in [-0.4, -0.2) is 45.4 Å². The Balaban J connectivity index is 1.32. The zero-order chi connectivity index (χ0) is 29.8. The van der Waals surface area contributed by atoms with E-state index in [9.17, 15) is 9.59 Å². The highest BCUT2D eigenvalue weighted by atomic mass is 35.5. The Labute approximate surface area is 253 Å². The Hall–Kier alpha value is -4.30. The average Bonchev–Trinajstić information content (AvgIpc) is 3.44. The molecule has 11 heteroatoms. The van der Waals surface area contributed by atoms with Gasteiger partial charge in [0.1, 0.15) is 16.9 Å². The Morgan fingerprint density at radius 1 is 1.10 bits per heavy atom. The highest BCUT2D eigenvalue weighted by Gasteiger charge is 2.32. The first-order chi connectivity index (χ1) is 20.2. The van der Waals surface area contributed by atoms with Crippen LogP contribution >= 0.6 is 22.9 Å². The molecule has 0 bridgehead atoms. The number of anilines is 1. The van der Waals surface area contributed by atoms with Crippen molar-refractivity contribution in [3.05, 3.63) is 92.3 Å². The first-order valence-electron chi connectivity index (χ1n) is 13.5. The minimum atomic E-state index is -0.581. The van der Waals surface area contributed by atoms with Gasteiger partial charge in [-0.25, -0.2) is 0 Å². The molecule has 2 amide bonds. The summed E-state index contributed by atoms with van der Waals surface area (Å²) >= 11 is 7.84. The number of hydrogen-bond acceptors (Lipinski definition) is 7. The van der Waals surface area contributed by atoms with E-state index in [1.165, 1.54) is 4.88 Å². The number of carbonyl (C=O) groups excluding carboxylic acids is 2. The number of fused-ring (bicyclic) bond motifs is 3. The largest absolute Gasteiger partial charge is 0.356 e. The number of nitrogens with one attached hydrogen (secondary N) is 2. The number of halogens is 1. The molecular formula is C31H30ClN7O2S. The van der Waals surface area contributed by atoms with Crippen LogP contribution in [0.5, 0.6) is 0 Å². The number of hydrogen-bond donors (Lipinski definition) is 3. The van der Waals surface area contributed by atoms with Crippen molar-refractivity contribution in [3.8, 4) is 16.8 Å². The molecule has 42 heavy (non-hydrogen) atoms. The van der Waals surface area contributed by atoms with Crippen LogP contribution in [0.15, 0.2) is 53.5 Å². The zero-order valence-electron chi connectivity index (χ0n) is 23.5. The molecular weight excluding hydrogens is 570 g/mol. The van der Waals surface area contributed by atoms with Crippen molar-refractivity contribution < 1.29 is 9.59 Å². The SMILES string of the molecule is Cc1sc2c(c1C)C(c1ccc(Cl)cc1)=N[C@@H](CC(=O)NCCC(=O)Nc1cccc(C#CCN)c1)c1nnc(C)n1-2. The molecule has 2 aromatic carbocycles. The standard InChI is InChI=1S/C31H30ClN7O2S/c1-18-19(2)42-31-28(18)29(22-9-11-23(32)12-10-22)36-25(30-38-37-20(3)39(30)31)17-27(41)34-15-13-26(40)35-24-8-4-6-21(16-24)7-5-14-33/h4,6,8-12,16,25H,13-15,17,33H2,1-3H3,(H,34,41)(H,35,40)/t25-/m0/s1. The smallest absolute Gasteiger partial charge is 0.226 e. The summed E-state index contributed by atoms with van der Waals surface area (Å²) in [5.41, 5.74) is 10.6. The molecule has 0 radical (unpaired) electrons. The van der Waals surface area contributed by atoms with Crippen LogP contribution in [-0.2, 0) is 9.59 Å². The maximum Gasteiger partial charge on any atom is 0.226 e. The van der Waals surface area contributed by atoms with E-state index in [-0.39, 0.29) is 37.7 Å². The number of aliphatic imine (C=N–C) groups is 1. The maximum atomic E-state index is 13.1. The van der Waals surface area contributed by atoms with Gasteiger partial charge in [-0.1, -0.05) is 41.6 Å². The molecule has 0 saturated heterocycles. The summed E-state index contributed by atoms with van der Waals surface area (Å²) in [7, 11) is 0. The van der Waals surface area contributed by atoms with Gasteiger partial charge in [-0.2, -0.15) is 0 Å². The molecule has 1 atom stereocenters. The topological polar surface area (TPSA) is 127 Å². The number of aromatic nitrogens is 3. The first kappa shape index (κ1) is 29.2. The Morgan fingerprint density at radius 3 is 2.64 bits per heavy atom. The predicted molar refractivity (Wildman–Crippen MR) is 167 cm³/mol. The zero-order valence-corrected chi connectivity index (χ0v) is 25.1. The van der Waals surface area contributed by atoms with E-state index < -0.39 is 6.04 Å². The number of amides is 2. The van der Waals surface area contributed by atoms with Gasteiger partial charge in [-0.15, -0.1) is 21.5 Å². The molecule has 1 aliphatic rings. The van der Waals surface area contributed by atoms with Gasteiger partial charge in [-0.3, -0.25) is 19.1 Å². The van der Waals surface area contributed by atoms with Crippen LogP contribution < -0.4 is 16.4 Å². The lowest BCUT2D eigenvalue weighted by molar-refractivity contribution is -0.121.